The lowest BCUT2D eigenvalue weighted by atomic mass is 10.0. The summed E-state index contributed by atoms with van der Waals surface area (Å²) in [6.07, 6.45) is -0.473. The van der Waals surface area contributed by atoms with Crippen LogP contribution < -0.4 is 14.9 Å². The maximum atomic E-state index is 12.9. The van der Waals surface area contributed by atoms with Crippen LogP contribution >= 0.6 is 11.3 Å². The third-order valence-corrected chi connectivity index (χ3v) is 8.45. The van der Waals surface area contributed by atoms with Gasteiger partial charge in [-0.2, -0.15) is 0 Å². The standard InChI is InChI=1S/C26H32N4O5S2/c1-18-23(37(33,34)28-16-15-27-25(32)35-26(2,3)4)36-24(29-18)30(5)22(31)17-19-11-13-21(14-12-19)20-9-7-6-8-10-20/h6-14,28H,15-17H2,1-5H3,(H,27,32). The molecule has 0 bridgehead atoms. The van der Waals surface area contributed by atoms with Crippen LogP contribution in [0.15, 0.2) is 58.8 Å². The van der Waals surface area contributed by atoms with E-state index in [0.717, 1.165) is 28.0 Å². The molecule has 198 valence electrons. The van der Waals surface area contributed by atoms with E-state index in [1.54, 1.807) is 34.7 Å². The number of hydrogen-bond acceptors (Lipinski definition) is 7. The van der Waals surface area contributed by atoms with Crippen LogP contribution in [0.1, 0.15) is 32.0 Å². The van der Waals surface area contributed by atoms with Crippen LogP contribution in [-0.4, -0.2) is 51.1 Å². The number of rotatable bonds is 9. The van der Waals surface area contributed by atoms with Gasteiger partial charge in [-0.1, -0.05) is 65.9 Å². The molecule has 0 fully saturated rings. The van der Waals surface area contributed by atoms with E-state index in [2.05, 4.69) is 15.0 Å². The number of aromatic nitrogens is 1. The fraction of sp³-hybridized carbons (Fsp3) is 0.346. The minimum absolute atomic E-state index is 0.0200. The van der Waals surface area contributed by atoms with Gasteiger partial charge in [-0.3, -0.25) is 9.69 Å². The highest BCUT2D eigenvalue weighted by atomic mass is 32.2. The number of carbonyl (C=O) groups is 2. The van der Waals surface area contributed by atoms with Crippen molar-refractivity contribution in [2.24, 2.45) is 0 Å². The lowest BCUT2D eigenvalue weighted by Crippen LogP contribution is -2.37. The van der Waals surface area contributed by atoms with Crippen molar-refractivity contribution in [3.05, 3.63) is 65.9 Å². The SMILES string of the molecule is Cc1nc(N(C)C(=O)Cc2ccc(-c3ccccc3)cc2)sc1S(=O)(=O)NCCNC(=O)OC(C)(C)C. The number of benzene rings is 2. The van der Waals surface area contributed by atoms with Crippen molar-refractivity contribution < 1.29 is 22.7 Å². The fourth-order valence-corrected chi connectivity index (χ4v) is 5.89. The summed E-state index contributed by atoms with van der Waals surface area (Å²) in [6, 6.07) is 17.7. The van der Waals surface area contributed by atoms with Gasteiger partial charge in [0.05, 0.1) is 12.1 Å². The highest BCUT2D eigenvalue weighted by Crippen LogP contribution is 2.29. The third-order valence-electron chi connectivity index (χ3n) is 5.15. The van der Waals surface area contributed by atoms with Crippen molar-refractivity contribution in [1.29, 1.82) is 0 Å². The summed E-state index contributed by atoms with van der Waals surface area (Å²) in [5.74, 6) is -0.209. The molecule has 0 spiro atoms. The molecular formula is C26H32N4O5S2. The molecule has 3 aromatic rings. The highest BCUT2D eigenvalue weighted by Gasteiger charge is 2.25. The maximum absolute atomic E-state index is 12.9. The molecule has 0 aliphatic heterocycles. The number of amides is 2. The van der Waals surface area contributed by atoms with Crippen LogP contribution in [-0.2, 0) is 26.0 Å². The zero-order valence-electron chi connectivity index (χ0n) is 21.6. The lowest BCUT2D eigenvalue weighted by Gasteiger charge is -2.19. The number of ether oxygens (including phenoxy) is 1. The van der Waals surface area contributed by atoms with Crippen LogP contribution in [0.2, 0.25) is 0 Å². The van der Waals surface area contributed by atoms with E-state index in [0.29, 0.717) is 5.69 Å². The van der Waals surface area contributed by atoms with Gasteiger partial charge in [0.15, 0.2) is 9.34 Å². The third kappa shape index (κ3) is 8.11. The minimum atomic E-state index is -3.88. The molecule has 2 N–H and O–H groups in total. The molecule has 0 unspecified atom stereocenters. The Morgan fingerprint density at radius 1 is 1.00 bits per heavy atom. The van der Waals surface area contributed by atoms with Crippen LogP contribution in [0.25, 0.3) is 11.1 Å². The van der Waals surface area contributed by atoms with Gasteiger partial charge in [-0.15, -0.1) is 0 Å². The van der Waals surface area contributed by atoms with Gasteiger partial charge in [0.2, 0.25) is 5.91 Å². The Kier molecular flexibility index (Phi) is 9.06. The number of likely N-dealkylation sites (N-methyl/N-ethyl adjacent to an activating group) is 1. The van der Waals surface area contributed by atoms with E-state index in [1.807, 2.05) is 54.6 Å². The zero-order chi connectivity index (χ0) is 27.2. The Hall–Kier alpha value is -3.28. The van der Waals surface area contributed by atoms with E-state index in [1.165, 1.54) is 4.90 Å². The van der Waals surface area contributed by atoms with E-state index in [4.69, 9.17) is 4.74 Å². The number of alkyl carbamates (subject to hydrolysis) is 1. The first-order valence-electron chi connectivity index (χ1n) is 11.7. The summed E-state index contributed by atoms with van der Waals surface area (Å²) < 4.78 is 33.2. The number of carbonyl (C=O) groups excluding carboxylic acids is 2. The fourth-order valence-electron chi connectivity index (χ4n) is 3.34. The largest absolute Gasteiger partial charge is 0.444 e. The number of thiazole rings is 1. The smallest absolute Gasteiger partial charge is 0.407 e. The number of sulfonamides is 1. The van der Waals surface area contributed by atoms with E-state index < -0.39 is 21.7 Å². The molecule has 0 saturated carbocycles. The number of aryl methyl sites for hydroxylation is 1. The van der Waals surface area contributed by atoms with Gasteiger partial charge in [0.1, 0.15) is 5.60 Å². The van der Waals surface area contributed by atoms with Crippen LogP contribution in [0.4, 0.5) is 9.93 Å². The maximum Gasteiger partial charge on any atom is 0.407 e. The van der Waals surface area contributed by atoms with Crippen molar-refractivity contribution in [3.8, 4) is 11.1 Å². The normalized spacial score (nSPS) is 11.7. The Balaban J connectivity index is 1.58. The van der Waals surface area contributed by atoms with Crippen molar-refractivity contribution in [2.75, 3.05) is 25.0 Å². The van der Waals surface area contributed by atoms with Gasteiger partial charge in [-0.05, 0) is 44.4 Å². The first-order chi connectivity index (χ1) is 17.4. The minimum Gasteiger partial charge on any atom is -0.444 e. The second-order valence-corrected chi connectivity index (χ2v) is 12.3. The van der Waals surface area contributed by atoms with Crippen molar-refractivity contribution in [1.82, 2.24) is 15.0 Å². The Labute approximate surface area is 221 Å². The van der Waals surface area contributed by atoms with Gasteiger partial charge >= 0.3 is 6.09 Å². The van der Waals surface area contributed by atoms with E-state index in [9.17, 15) is 18.0 Å². The predicted octanol–water partition coefficient (Wildman–Crippen LogP) is 4.13. The summed E-state index contributed by atoms with van der Waals surface area (Å²) in [4.78, 5) is 30.3. The van der Waals surface area contributed by atoms with Gasteiger partial charge in [0.25, 0.3) is 10.0 Å². The van der Waals surface area contributed by atoms with Crippen molar-refractivity contribution >= 4 is 38.5 Å². The first-order valence-corrected chi connectivity index (χ1v) is 14.0. The second-order valence-electron chi connectivity index (χ2n) is 9.39. The predicted molar refractivity (Wildman–Crippen MR) is 145 cm³/mol. The Morgan fingerprint density at radius 2 is 1.62 bits per heavy atom. The van der Waals surface area contributed by atoms with Crippen LogP contribution in [0.3, 0.4) is 0 Å². The molecule has 3 rings (SSSR count). The molecule has 1 heterocycles. The summed E-state index contributed by atoms with van der Waals surface area (Å²) in [5.41, 5.74) is 2.65. The Morgan fingerprint density at radius 3 is 2.24 bits per heavy atom. The highest BCUT2D eigenvalue weighted by molar-refractivity contribution is 7.91. The van der Waals surface area contributed by atoms with Crippen molar-refractivity contribution in [3.63, 3.8) is 0 Å². The molecule has 2 amide bonds. The van der Waals surface area contributed by atoms with Crippen LogP contribution in [0.5, 0.6) is 0 Å². The molecule has 0 aliphatic carbocycles. The molecular weight excluding hydrogens is 512 g/mol. The average molecular weight is 545 g/mol. The number of nitrogens with one attached hydrogen (secondary N) is 2. The quantitative estimate of drug-likeness (QED) is 0.391. The van der Waals surface area contributed by atoms with Crippen LogP contribution in [0, 0.1) is 6.92 Å². The summed E-state index contributed by atoms with van der Waals surface area (Å²) >= 11 is 0.917. The lowest BCUT2D eigenvalue weighted by molar-refractivity contribution is -0.117. The molecule has 0 atom stereocenters. The molecule has 2 aromatic carbocycles. The molecule has 11 heteroatoms. The molecule has 9 nitrogen and oxygen atoms in total. The number of nitrogens with zero attached hydrogens (tertiary/aromatic N) is 2. The zero-order valence-corrected chi connectivity index (χ0v) is 23.2. The number of hydrogen-bond donors (Lipinski definition) is 2. The molecule has 0 aliphatic rings. The summed E-state index contributed by atoms with van der Waals surface area (Å²) in [5, 5.41) is 2.79. The molecule has 0 saturated heterocycles. The van der Waals surface area contributed by atoms with E-state index >= 15 is 0 Å². The summed E-state index contributed by atoms with van der Waals surface area (Å²) in [7, 11) is -2.30. The molecule has 0 radical (unpaired) electrons. The molecule has 37 heavy (non-hydrogen) atoms. The van der Waals surface area contributed by atoms with Crippen molar-refractivity contribution in [2.45, 2.75) is 43.9 Å². The number of anilines is 1. The van der Waals surface area contributed by atoms with E-state index in [-0.39, 0.29) is 34.8 Å². The topological polar surface area (TPSA) is 118 Å². The first kappa shape index (κ1) is 28.3. The van der Waals surface area contributed by atoms with Gasteiger partial charge < -0.3 is 10.1 Å². The van der Waals surface area contributed by atoms with Gasteiger partial charge in [-0.25, -0.2) is 22.9 Å². The average Bonchev–Trinajstić information content (AvgIpc) is 3.24. The Bertz CT molecular complexity index is 1330. The second kappa shape index (κ2) is 11.8. The van der Waals surface area contributed by atoms with Gasteiger partial charge in [0, 0.05) is 20.1 Å². The summed E-state index contributed by atoms with van der Waals surface area (Å²) in [6.45, 7) is 6.82. The monoisotopic (exact) mass is 544 g/mol. The molecule has 1 aromatic heterocycles.